The average Bonchev–Trinajstić information content (AvgIpc) is 2.18. The Hall–Kier alpha value is -0.0800. The van der Waals surface area contributed by atoms with Crippen molar-refractivity contribution < 1.29 is 0 Å². The molecule has 0 aromatic heterocycles. The highest BCUT2D eigenvalue weighted by Gasteiger charge is 2.26. The van der Waals surface area contributed by atoms with Gasteiger partial charge in [0.2, 0.25) is 0 Å². The molecule has 2 nitrogen and oxygen atoms in total. The van der Waals surface area contributed by atoms with Gasteiger partial charge in [-0.25, -0.2) is 0 Å². The highest BCUT2D eigenvalue weighted by Crippen LogP contribution is 2.24. The van der Waals surface area contributed by atoms with E-state index < -0.39 is 0 Å². The van der Waals surface area contributed by atoms with E-state index in [1.165, 1.54) is 32.2 Å². The van der Waals surface area contributed by atoms with Gasteiger partial charge in [0.15, 0.2) is 0 Å². The number of piperidine rings is 1. The fourth-order valence-corrected chi connectivity index (χ4v) is 2.44. The molecule has 0 bridgehead atoms. The molecule has 0 aromatic carbocycles. The van der Waals surface area contributed by atoms with Gasteiger partial charge in [0.05, 0.1) is 0 Å². The maximum atomic E-state index is 5.67. The molecule has 84 valence electrons. The second-order valence-corrected chi connectivity index (χ2v) is 4.95. The van der Waals surface area contributed by atoms with E-state index in [1.807, 2.05) is 0 Å². The molecule has 0 spiro atoms. The third kappa shape index (κ3) is 2.96. The fraction of sp³-hybridized carbons (Fsp3) is 1.00. The molecule has 0 saturated carbocycles. The van der Waals surface area contributed by atoms with Crippen molar-refractivity contribution in [2.24, 2.45) is 11.7 Å². The smallest absolute Gasteiger partial charge is 0.0110 e. The summed E-state index contributed by atoms with van der Waals surface area (Å²) >= 11 is 0. The topological polar surface area (TPSA) is 29.3 Å². The summed E-state index contributed by atoms with van der Waals surface area (Å²) in [5, 5.41) is 0. The van der Waals surface area contributed by atoms with Crippen molar-refractivity contribution in [3.63, 3.8) is 0 Å². The van der Waals surface area contributed by atoms with Gasteiger partial charge in [-0.1, -0.05) is 20.3 Å². The highest BCUT2D eigenvalue weighted by atomic mass is 15.2. The van der Waals surface area contributed by atoms with E-state index in [4.69, 9.17) is 5.73 Å². The molecule has 0 aliphatic carbocycles. The zero-order valence-electron chi connectivity index (χ0n) is 10.00. The fourth-order valence-electron chi connectivity index (χ4n) is 2.44. The minimum atomic E-state index is 0.715. The third-order valence-electron chi connectivity index (χ3n) is 3.66. The molecular weight excluding hydrogens is 172 g/mol. The van der Waals surface area contributed by atoms with Crippen LogP contribution in [0, 0.1) is 5.92 Å². The minimum absolute atomic E-state index is 0.715. The lowest BCUT2D eigenvalue weighted by molar-refractivity contribution is 0.0753. The molecule has 1 rings (SSSR count). The van der Waals surface area contributed by atoms with Crippen molar-refractivity contribution in [1.82, 2.24) is 4.90 Å². The van der Waals surface area contributed by atoms with E-state index in [9.17, 15) is 0 Å². The van der Waals surface area contributed by atoms with E-state index in [-0.39, 0.29) is 0 Å². The van der Waals surface area contributed by atoms with Gasteiger partial charge in [0.1, 0.15) is 0 Å². The lowest BCUT2D eigenvalue weighted by Crippen LogP contribution is -2.47. The van der Waals surface area contributed by atoms with Gasteiger partial charge in [-0.2, -0.15) is 0 Å². The zero-order chi connectivity index (χ0) is 10.6. The molecule has 1 heterocycles. The summed E-state index contributed by atoms with van der Waals surface area (Å²) in [6, 6.07) is 1.47. The zero-order valence-corrected chi connectivity index (χ0v) is 10.00. The van der Waals surface area contributed by atoms with Crippen molar-refractivity contribution in [1.29, 1.82) is 0 Å². The van der Waals surface area contributed by atoms with Gasteiger partial charge in [-0.05, 0) is 45.2 Å². The lowest BCUT2D eigenvalue weighted by Gasteiger charge is -2.41. The Morgan fingerprint density at radius 3 is 2.57 bits per heavy atom. The van der Waals surface area contributed by atoms with Gasteiger partial charge in [0.25, 0.3) is 0 Å². The summed E-state index contributed by atoms with van der Waals surface area (Å²) in [4.78, 5) is 2.68. The summed E-state index contributed by atoms with van der Waals surface area (Å²) in [5.41, 5.74) is 5.67. The van der Waals surface area contributed by atoms with E-state index in [0.29, 0.717) is 6.04 Å². The molecule has 0 amide bonds. The highest BCUT2D eigenvalue weighted by molar-refractivity contribution is 4.82. The van der Waals surface area contributed by atoms with E-state index in [0.717, 1.165) is 18.5 Å². The van der Waals surface area contributed by atoms with E-state index in [1.54, 1.807) is 0 Å². The van der Waals surface area contributed by atoms with Crippen molar-refractivity contribution >= 4 is 0 Å². The van der Waals surface area contributed by atoms with Crippen LogP contribution < -0.4 is 5.73 Å². The van der Waals surface area contributed by atoms with Crippen LogP contribution in [0.25, 0.3) is 0 Å². The Kier molecular flexibility index (Phi) is 4.90. The summed E-state index contributed by atoms with van der Waals surface area (Å²) in [6.07, 6.45) is 5.30. The summed E-state index contributed by atoms with van der Waals surface area (Å²) in [7, 11) is 0. The number of nitrogens with two attached hydrogens (primary N) is 1. The first-order chi connectivity index (χ1) is 6.66. The Morgan fingerprint density at radius 2 is 2.00 bits per heavy atom. The quantitative estimate of drug-likeness (QED) is 0.750. The summed E-state index contributed by atoms with van der Waals surface area (Å²) in [5.74, 6) is 0.758. The first kappa shape index (κ1) is 12.0. The molecule has 1 aliphatic heterocycles. The molecule has 0 radical (unpaired) electrons. The number of hydrogen-bond donors (Lipinski definition) is 1. The largest absolute Gasteiger partial charge is 0.330 e. The number of likely N-dealkylation sites (tertiary alicyclic amines) is 1. The normalized spacial score (nSPS) is 26.8. The number of rotatable bonds is 4. The molecule has 0 aromatic rings. The van der Waals surface area contributed by atoms with Crippen molar-refractivity contribution in [3.8, 4) is 0 Å². The maximum absolute atomic E-state index is 5.67. The first-order valence-electron chi connectivity index (χ1n) is 6.12. The molecule has 1 saturated heterocycles. The van der Waals surface area contributed by atoms with Crippen molar-refractivity contribution in [3.05, 3.63) is 0 Å². The van der Waals surface area contributed by atoms with Crippen LogP contribution in [-0.4, -0.2) is 30.1 Å². The first-order valence-corrected chi connectivity index (χ1v) is 6.12. The Bertz CT molecular complexity index is 154. The molecule has 2 heteroatoms. The van der Waals surface area contributed by atoms with Gasteiger partial charge in [0, 0.05) is 12.1 Å². The van der Waals surface area contributed by atoms with Crippen LogP contribution in [0.1, 0.15) is 46.5 Å². The van der Waals surface area contributed by atoms with Crippen LogP contribution >= 0.6 is 0 Å². The number of nitrogens with zero attached hydrogens (tertiary/aromatic N) is 1. The second kappa shape index (κ2) is 5.72. The van der Waals surface area contributed by atoms with Crippen LogP contribution in [0.3, 0.4) is 0 Å². The van der Waals surface area contributed by atoms with Crippen LogP contribution in [0.5, 0.6) is 0 Å². The Balaban J connectivity index is 2.52. The molecule has 2 atom stereocenters. The van der Waals surface area contributed by atoms with Gasteiger partial charge in [-0.15, -0.1) is 0 Å². The van der Waals surface area contributed by atoms with Crippen LogP contribution in [0.4, 0.5) is 0 Å². The average molecular weight is 198 g/mol. The van der Waals surface area contributed by atoms with Crippen LogP contribution in [0.2, 0.25) is 0 Å². The predicted molar refractivity (Wildman–Crippen MR) is 62.3 cm³/mol. The summed E-state index contributed by atoms with van der Waals surface area (Å²) in [6.45, 7) is 9.12. The second-order valence-electron chi connectivity index (χ2n) is 4.95. The minimum Gasteiger partial charge on any atom is -0.330 e. The molecule has 14 heavy (non-hydrogen) atoms. The van der Waals surface area contributed by atoms with Crippen molar-refractivity contribution in [2.45, 2.75) is 58.5 Å². The number of hydrogen-bond acceptors (Lipinski definition) is 2. The standard InChI is InChI=1S/C12H26N2/c1-10(2)11(3)14-9-5-4-6-12(14)7-8-13/h10-12H,4-9,13H2,1-3H3. The van der Waals surface area contributed by atoms with Crippen LogP contribution in [0.15, 0.2) is 0 Å². The van der Waals surface area contributed by atoms with Gasteiger partial charge in [-0.3, -0.25) is 4.90 Å². The lowest BCUT2D eigenvalue weighted by atomic mass is 9.94. The molecule has 2 unspecified atom stereocenters. The summed E-state index contributed by atoms with van der Waals surface area (Å²) < 4.78 is 0. The van der Waals surface area contributed by atoms with Gasteiger partial charge >= 0.3 is 0 Å². The van der Waals surface area contributed by atoms with Crippen LogP contribution in [-0.2, 0) is 0 Å². The Labute approximate surface area is 88.8 Å². The van der Waals surface area contributed by atoms with E-state index in [2.05, 4.69) is 25.7 Å². The predicted octanol–water partition coefficient (Wildman–Crippen LogP) is 2.23. The monoisotopic (exact) mass is 198 g/mol. The van der Waals surface area contributed by atoms with Crippen molar-refractivity contribution in [2.75, 3.05) is 13.1 Å². The molecule has 1 fully saturated rings. The Morgan fingerprint density at radius 1 is 1.29 bits per heavy atom. The maximum Gasteiger partial charge on any atom is 0.0110 e. The SMILES string of the molecule is CC(C)C(C)N1CCCCC1CCN. The third-order valence-corrected chi connectivity index (χ3v) is 3.66. The molecule has 1 aliphatic rings. The van der Waals surface area contributed by atoms with Gasteiger partial charge < -0.3 is 5.73 Å². The van der Waals surface area contributed by atoms with E-state index >= 15 is 0 Å². The molecular formula is C12H26N2. The molecule has 2 N–H and O–H groups in total.